The number of carbonyl (C=O) groups is 1. The van der Waals surface area contributed by atoms with Gasteiger partial charge < -0.3 is 4.74 Å². The van der Waals surface area contributed by atoms with Gasteiger partial charge in [-0.05, 0) is 32.6 Å². The Morgan fingerprint density at radius 3 is 2.07 bits per heavy atom. The normalized spacial score (nSPS) is 21.7. The van der Waals surface area contributed by atoms with Gasteiger partial charge in [-0.15, -0.1) is 0 Å². The van der Waals surface area contributed by atoms with Gasteiger partial charge in [0.25, 0.3) is 0 Å². The van der Waals surface area contributed by atoms with Gasteiger partial charge in [-0.1, -0.05) is 26.7 Å². The molecule has 0 unspecified atom stereocenters. The van der Waals surface area contributed by atoms with Gasteiger partial charge in [-0.25, -0.2) is 0 Å². The van der Waals surface area contributed by atoms with E-state index in [0.717, 1.165) is 12.8 Å². The van der Waals surface area contributed by atoms with E-state index in [-0.39, 0.29) is 17.5 Å². The zero-order chi connectivity index (χ0) is 10.6. The van der Waals surface area contributed by atoms with E-state index in [0.29, 0.717) is 0 Å². The molecule has 0 bridgehead atoms. The van der Waals surface area contributed by atoms with Crippen LogP contribution in [0, 0.1) is 5.92 Å². The van der Waals surface area contributed by atoms with Gasteiger partial charge in [0, 0.05) is 0 Å². The van der Waals surface area contributed by atoms with Crippen molar-refractivity contribution < 1.29 is 9.53 Å². The van der Waals surface area contributed by atoms with Crippen LogP contribution in [0.15, 0.2) is 0 Å². The van der Waals surface area contributed by atoms with E-state index < -0.39 is 0 Å². The van der Waals surface area contributed by atoms with Crippen LogP contribution in [0.3, 0.4) is 0 Å². The zero-order valence-corrected chi connectivity index (χ0v) is 9.64. The quantitative estimate of drug-likeness (QED) is 0.502. The largest absolute Gasteiger partial charge is 0.459 e. The average molecular weight is 198 g/mol. The first kappa shape index (κ1) is 11.5. The predicted octanol–water partition coefficient (Wildman–Crippen LogP) is 3.30. The van der Waals surface area contributed by atoms with E-state index in [9.17, 15) is 4.79 Å². The number of hydrogen-bond donors (Lipinski definition) is 0. The Labute approximate surface area is 87.0 Å². The number of rotatable bonds is 2. The van der Waals surface area contributed by atoms with Crippen molar-refractivity contribution in [1.29, 1.82) is 0 Å². The smallest absolute Gasteiger partial charge is 0.308 e. The fourth-order valence-corrected chi connectivity index (χ4v) is 1.94. The number of hydrogen-bond acceptors (Lipinski definition) is 2. The molecule has 0 atom stereocenters. The molecular formula is C12H22O2. The minimum atomic E-state index is -0.183. The average Bonchev–Trinajstić information content (AvgIpc) is 2.30. The first-order valence-electron chi connectivity index (χ1n) is 5.76. The maximum atomic E-state index is 11.5. The lowest BCUT2D eigenvalue weighted by Crippen LogP contribution is -2.32. The van der Waals surface area contributed by atoms with Gasteiger partial charge in [0.2, 0.25) is 0 Å². The molecule has 0 amide bonds. The van der Waals surface area contributed by atoms with Gasteiger partial charge >= 0.3 is 5.97 Å². The number of esters is 1. The van der Waals surface area contributed by atoms with Crippen molar-refractivity contribution in [3.63, 3.8) is 0 Å². The van der Waals surface area contributed by atoms with Crippen molar-refractivity contribution in [2.45, 2.75) is 64.9 Å². The predicted molar refractivity (Wildman–Crippen MR) is 57.0 cm³/mol. The molecule has 1 aliphatic rings. The van der Waals surface area contributed by atoms with Crippen LogP contribution in [0.1, 0.15) is 59.3 Å². The third kappa shape index (κ3) is 3.32. The van der Waals surface area contributed by atoms with Crippen molar-refractivity contribution in [1.82, 2.24) is 0 Å². The third-order valence-corrected chi connectivity index (χ3v) is 2.98. The summed E-state index contributed by atoms with van der Waals surface area (Å²) in [5, 5.41) is 0. The standard InChI is InChI=1S/C12H22O2/c1-10(2)11(13)14-12(3)8-6-4-5-7-9-12/h10H,4-9H2,1-3H3. The van der Waals surface area contributed by atoms with Crippen LogP contribution < -0.4 is 0 Å². The minimum Gasteiger partial charge on any atom is -0.459 e. The van der Waals surface area contributed by atoms with Gasteiger partial charge in [-0.3, -0.25) is 4.79 Å². The summed E-state index contributed by atoms with van der Waals surface area (Å²) in [7, 11) is 0. The van der Waals surface area contributed by atoms with E-state index in [1.165, 1.54) is 25.7 Å². The molecule has 0 saturated heterocycles. The molecule has 0 N–H and O–H groups in total. The molecule has 0 spiro atoms. The lowest BCUT2D eigenvalue weighted by Gasteiger charge is -2.29. The lowest BCUT2D eigenvalue weighted by atomic mass is 9.96. The van der Waals surface area contributed by atoms with E-state index in [4.69, 9.17) is 4.74 Å². The minimum absolute atomic E-state index is 0.00456. The van der Waals surface area contributed by atoms with Crippen LogP contribution in [0.5, 0.6) is 0 Å². The van der Waals surface area contributed by atoms with E-state index in [1.54, 1.807) is 0 Å². The van der Waals surface area contributed by atoms with E-state index >= 15 is 0 Å². The Morgan fingerprint density at radius 2 is 1.64 bits per heavy atom. The maximum absolute atomic E-state index is 11.5. The maximum Gasteiger partial charge on any atom is 0.308 e. The Bertz CT molecular complexity index is 188. The summed E-state index contributed by atoms with van der Waals surface area (Å²) in [6.07, 6.45) is 7.03. The number of carbonyl (C=O) groups excluding carboxylic acids is 1. The Hall–Kier alpha value is -0.530. The molecule has 2 nitrogen and oxygen atoms in total. The summed E-state index contributed by atoms with van der Waals surface area (Å²) in [4.78, 5) is 11.5. The van der Waals surface area contributed by atoms with Crippen LogP contribution >= 0.6 is 0 Å². The zero-order valence-electron chi connectivity index (χ0n) is 9.64. The molecule has 14 heavy (non-hydrogen) atoms. The van der Waals surface area contributed by atoms with E-state index in [1.807, 2.05) is 13.8 Å². The monoisotopic (exact) mass is 198 g/mol. The second kappa shape index (κ2) is 4.81. The highest BCUT2D eigenvalue weighted by atomic mass is 16.6. The topological polar surface area (TPSA) is 26.3 Å². The van der Waals surface area contributed by atoms with Crippen molar-refractivity contribution in [2.24, 2.45) is 5.92 Å². The molecule has 2 heteroatoms. The van der Waals surface area contributed by atoms with Crippen LogP contribution in [0.25, 0.3) is 0 Å². The molecule has 0 aliphatic heterocycles. The molecule has 1 saturated carbocycles. The molecule has 0 radical (unpaired) electrons. The van der Waals surface area contributed by atoms with Crippen LogP contribution in [-0.4, -0.2) is 11.6 Å². The molecule has 1 fully saturated rings. The fraction of sp³-hybridized carbons (Fsp3) is 0.917. The highest BCUT2D eigenvalue weighted by Crippen LogP contribution is 2.30. The second-order valence-corrected chi connectivity index (χ2v) is 4.94. The Morgan fingerprint density at radius 1 is 1.14 bits per heavy atom. The van der Waals surface area contributed by atoms with E-state index in [2.05, 4.69) is 6.92 Å². The first-order chi connectivity index (χ1) is 6.53. The molecule has 82 valence electrons. The molecule has 1 aliphatic carbocycles. The second-order valence-electron chi connectivity index (χ2n) is 4.94. The van der Waals surface area contributed by atoms with Crippen LogP contribution in [-0.2, 0) is 9.53 Å². The fourth-order valence-electron chi connectivity index (χ4n) is 1.94. The SMILES string of the molecule is CC(C)C(=O)OC1(C)CCCCCC1. The van der Waals surface area contributed by atoms with Crippen molar-refractivity contribution in [2.75, 3.05) is 0 Å². The highest BCUT2D eigenvalue weighted by molar-refractivity contribution is 5.72. The van der Waals surface area contributed by atoms with Crippen LogP contribution in [0.2, 0.25) is 0 Å². The third-order valence-electron chi connectivity index (χ3n) is 2.98. The Balaban J connectivity index is 2.50. The Kier molecular flexibility index (Phi) is 3.97. The summed E-state index contributed by atoms with van der Waals surface area (Å²) in [5.74, 6) is -0.0514. The highest BCUT2D eigenvalue weighted by Gasteiger charge is 2.30. The molecule has 0 aromatic carbocycles. The summed E-state index contributed by atoms with van der Waals surface area (Å²) in [6, 6.07) is 0. The molecule has 0 heterocycles. The summed E-state index contributed by atoms with van der Waals surface area (Å²) in [6.45, 7) is 5.86. The molecule has 1 rings (SSSR count). The summed E-state index contributed by atoms with van der Waals surface area (Å²) >= 11 is 0. The van der Waals surface area contributed by atoms with Gasteiger partial charge in [-0.2, -0.15) is 0 Å². The van der Waals surface area contributed by atoms with Gasteiger partial charge in [0.15, 0.2) is 0 Å². The number of ether oxygens (including phenoxy) is 1. The molecule has 0 aromatic heterocycles. The van der Waals surface area contributed by atoms with Crippen molar-refractivity contribution in [3.8, 4) is 0 Å². The first-order valence-corrected chi connectivity index (χ1v) is 5.76. The summed E-state index contributed by atoms with van der Waals surface area (Å²) in [5.41, 5.74) is -0.183. The molecular weight excluding hydrogens is 176 g/mol. The van der Waals surface area contributed by atoms with Crippen LogP contribution in [0.4, 0.5) is 0 Å². The lowest BCUT2D eigenvalue weighted by molar-refractivity contribution is -0.163. The summed E-state index contributed by atoms with van der Waals surface area (Å²) < 4.78 is 5.58. The van der Waals surface area contributed by atoms with Gasteiger partial charge in [0.05, 0.1) is 5.92 Å². The van der Waals surface area contributed by atoms with Crippen molar-refractivity contribution in [3.05, 3.63) is 0 Å². The molecule has 0 aromatic rings. The van der Waals surface area contributed by atoms with Gasteiger partial charge in [0.1, 0.15) is 5.60 Å². The van der Waals surface area contributed by atoms with Crippen molar-refractivity contribution >= 4 is 5.97 Å².